The molecule has 1 aromatic heterocycles. The van der Waals surface area contributed by atoms with Crippen LogP contribution in [-0.4, -0.2) is 15.6 Å². The number of hydrogen-bond donors (Lipinski definition) is 1. The fraction of sp³-hybridized carbons (Fsp3) is 0.308. The molecule has 0 aliphatic heterocycles. The topological polar surface area (TPSA) is 43.8 Å². The van der Waals surface area contributed by atoms with Crippen LogP contribution in [0.5, 0.6) is 0 Å². The van der Waals surface area contributed by atoms with E-state index in [4.69, 9.17) is 5.73 Å². The van der Waals surface area contributed by atoms with Crippen molar-refractivity contribution >= 4 is 0 Å². The van der Waals surface area contributed by atoms with E-state index in [-0.39, 0.29) is 11.9 Å². The summed E-state index contributed by atoms with van der Waals surface area (Å²) in [5.74, 6) is 0.620. The molecule has 2 aromatic rings. The molecule has 1 unspecified atom stereocenters. The van der Waals surface area contributed by atoms with E-state index >= 15 is 0 Å². The predicted molar refractivity (Wildman–Crippen MR) is 65.6 cm³/mol. The molecule has 0 bridgehead atoms. The third-order valence-electron chi connectivity index (χ3n) is 2.71. The summed E-state index contributed by atoms with van der Waals surface area (Å²) < 4.78 is 15.7. The zero-order valence-corrected chi connectivity index (χ0v) is 10.0. The van der Waals surface area contributed by atoms with E-state index in [1.807, 2.05) is 30.7 Å². The van der Waals surface area contributed by atoms with Crippen LogP contribution in [0.25, 0.3) is 5.69 Å². The SMILES string of the molecule is Cc1nccn1-c1cccc(F)c1CC(C)N. The monoisotopic (exact) mass is 233 g/mol. The van der Waals surface area contributed by atoms with Crippen LogP contribution in [0.1, 0.15) is 18.3 Å². The minimum absolute atomic E-state index is 0.0746. The lowest BCUT2D eigenvalue weighted by molar-refractivity contribution is 0.593. The van der Waals surface area contributed by atoms with Crippen LogP contribution in [0.3, 0.4) is 0 Å². The van der Waals surface area contributed by atoms with Gasteiger partial charge in [0.2, 0.25) is 0 Å². The van der Waals surface area contributed by atoms with E-state index in [0.717, 1.165) is 11.5 Å². The molecule has 2 rings (SSSR count). The Balaban J connectivity index is 2.54. The summed E-state index contributed by atoms with van der Waals surface area (Å²) in [6, 6.07) is 4.98. The van der Waals surface area contributed by atoms with Gasteiger partial charge in [-0.1, -0.05) is 6.07 Å². The Labute approximate surface area is 100 Å². The highest BCUT2D eigenvalue weighted by atomic mass is 19.1. The second kappa shape index (κ2) is 4.67. The van der Waals surface area contributed by atoms with E-state index in [1.165, 1.54) is 6.07 Å². The van der Waals surface area contributed by atoms with Crippen molar-refractivity contribution in [3.63, 3.8) is 0 Å². The minimum Gasteiger partial charge on any atom is -0.328 e. The lowest BCUT2D eigenvalue weighted by atomic mass is 10.0. The zero-order valence-electron chi connectivity index (χ0n) is 10.0. The largest absolute Gasteiger partial charge is 0.328 e. The van der Waals surface area contributed by atoms with Crippen molar-refractivity contribution < 1.29 is 4.39 Å². The Hall–Kier alpha value is -1.68. The molecule has 0 fully saturated rings. The molecule has 90 valence electrons. The van der Waals surface area contributed by atoms with Crippen LogP contribution in [0, 0.1) is 12.7 Å². The average molecular weight is 233 g/mol. The molecular formula is C13H16FN3. The number of aromatic nitrogens is 2. The number of halogens is 1. The predicted octanol–water partition coefficient (Wildman–Crippen LogP) is 2.21. The van der Waals surface area contributed by atoms with Crippen molar-refractivity contribution in [1.29, 1.82) is 0 Å². The van der Waals surface area contributed by atoms with Gasteiger partial charge >= 0.3 is 0 Å². The van der Waals surface area contributed by atoms with Crippen LogP contribution in [0.15, 0.2) is 30.6 Å². The van der Waals surface area contributed by atoms with E-state index in [1.54, 1.807) is 12.3 Å². The van der Waals surface area contributed by atoms with Gasteiger partial charge in [0.15, 0.2) is 0 Å². The van der Waals surface area contributed by atoms with Crippen molar-refractivity contribution in [3.05, 3.63) is 47.8 Å². The van der Waals surface area contributed by atoms with Gasteiger partial charge < -0.3 is 10.3 Å². The van der Waals surface area contributed by atoms with Gasteiger partial charge in [-0.25, -0.2) is 9.37 Å². The molecule has 0 spiro atoms. The second-order valence-electron chi connectivity index (χ2n) is 4.26. The number of aryl methyl sites for hydroxylation is 1. The number of hydrogen-bond acceptors (Lipinski definition) is 2. The first-order valence-corrected chi connectivity index (χ1v) is 5.63. The normalized spacial score (nSPS) is 12.7. The zero-order chi connectivity index (χ0) is 12.4. The van der Waals surface area contributed by atoms with E-state index in [0.29, 0.717) is 12.0 Å². The first-order valence-electron chi connectivity index (χ1n) is 5.63. The molecule has 0 aliphatic rings. The summed E-state index contributed by atoms with van der Waals surface area (Å²) in [6.07, 6.45) is 4.05. The summed E-state index contributed by atoms with van der Waals surface area (Å²) in [4.78, 5) is 4.15. The Morgan fingerprint density at radius 2 is 2.24 bits per heavy atom. The number of benzene rings is 1. The number of rotatable bonds is 3. The first kappa shape index (κ1) is 11.8. The van der Waals surface area contributed by atoms with Crippen molar-refractivity contribution in [3.8, 4) is 5.69 Å². The van der Waals surface area contributed by atoms with E-state index in [9.17, 15) is 4.39 Å². The third-order valence-corrected chi connectivity index (χ3v) is 2.71. The summed E-state index contributed by atoms with van der Waals surface area (Å²) in [6.45, 7) is 3.76. The van der Waals surface area contributed by atoms with Crippen LogP contribution in [0.4, 0.5) is 4.39 Å². The van der Waals surface area contributed by atoms with Crippen LogP contribution >= 0.6 is 0 Å². The van der Waals surface area contributed by atoms with Crippen molar-refractivity contribution in [2.75, 3.05) is 0 Å². The quantitative estimate of drug-likeness (QED) is 0.883. The molecule has 2 N–H and O–H groups in total. The molecule has 0 saturated carbocycles. The Morgan fingerprint density at radius 3 is 2.82 bits per heavy atom. The van der Waals surface area contributed by atoms with Gasteiger partial charge in [0, 0.05) is 24.0 Å². The maximum absolute atomic E-state index is 13.8. The van der Waals surface area contributed by atoms with Gasteiger partial charge in [0.05, 0.1) is 5.69 Å². The van der Waals surface area contributed by atoms with Crippen LogP contribution < -0.4 is 5.73 Å². The highest BCUT2D eigenvalue weighted by Gasteiger charge is 2.12. The standard InChI is InChI=1S/C13H16FN3/c1-9(15)8-11-12(14)4-3-5-13(11)17-7-6-16-10(17)2/h3-7,9H,8,15H2,1-2H3. The average Bonchev–Trinajstić information content (AvgIpc) is 2.67. The summed E-state index contributed by atoms with van der Waals surface area (Å²) in [7, 11) is 0. The third kappa shape index (κ3) is 2.36. The van der Waals surface area contributed by atoms with Gasteiger partial charge in [-0.2, -0.15) is 0 Å². The molecule has 0 aliphatic carbocycles. The molecular weight excluding hydrogens is 217 g/mol. The molecule has 3 nitrogen and oxygen atoms in total. The lowest BCUT2D eigenvalue weighted by Gasteiger charge is -2.14. The highest BCUT2D eigenvalue weighted by Crippen LogP contribution is 2.20. The maximum atomic E-state index is 13.8. The highest BCUT2D eigenvalue weighted by molar-refractivity contribution is 5.43. The van der Waals surface area contributed by atoms with Gasteiger partial charge in [-0.05, 0) is 32.4 Å². The summed E-state index contributed by atoms with van der Waals surface area (Å²) in [5.41, 5.74) is 7.22. The molecule has 1 atom stereocenters. The summed E-state index contributed by atoms with van der Waals surface area (Å²) in [5, 5.41) is 0. The molecule has 17 heavy (non-hydrogen) atoms. The second-order valence-corrected chi connectivity index (χ2v) is 4.26. The van der Waals surface area contributed by atoms with Crippen molar-refractivity contribution in [1.82, 2.24) is 9.55 Å². The molecule has 0 amide bonds. The minimum atomic E-state index is -0.215. The summed E-state index contributed by atoms with van der Waals surface area (Å²) >= 11 is 0. The number of imidazole rings is 1. The van der Waals surface area contributed by atoms with Crippen molar-refractivity contribution in [2.24, 2.45) is 5.73 Å². The smallest absolute Gasteiger partial charge is 0.128 e. The van der Waals surface area contributed by atoms with E-state index in [2.05, 4.69) is 4.98 Å². The van der Waals surface area contributed by atoms with Crippen LogP contribution in [-0.2, 0) is 6.42 Å². The van der Waals surface area contributed by atoms with Gasteiger partial charge in [-0.15, -0.1) is 0 Å². The molecule has 1 aromatic carbocycles. The Bertz CT molecular complexity index is 517. The number of nitrogens with zero attached hydrogens (tertiary/aromatic N) is 2. The van der Waals surface area contributed by atoms with Gasteiger partial charge in [0.25, 0.3) is 0 Å². The molecule has 4 heteroatoms. The fourth-order valence-electron chi connectivity index (χ4n) is 1.93. The molecule has 1 heterocycles. The first-order chi connectivity index (χ1) is 8.09. The van der Waals surface area contributed by atoms with E-state index < -0.39 is 0 Å². The van der Waals surface area contributed by atoms with Gasteiger partial charge in [0.1, 0.15) is 11.6 Å². The Morgan fingerprint density at radius 1 is 1.47 bits per heavy atom. The fourth-order valence-corrected chi connectivity index (χ4v) is 1.93. The lowest BCUT2D eigenvalue weighted by Crippen LogP contribution is -2.20. The maximum Gasteiger partial charge on any atom is 0.128 e. The Kier molecular flexibility index (Phi) is 3.24. The molecule has 0 radical (unpaired) electrons. The number of nitrogens with two attached hydrogens (primary N) is 1. The molecule has 0 saturated heterocycles. The van der Waals surface area contributed by atoms with Crippen molar-refractivity contribution in [2.45, 2.75) is 26.3 Å². The van der Waals surface area contributed by atoms with Crippen LogP contribution in [0.2, 0.25) is 0 Å². The van der Waals surface area contributed by atoms with Gasteiger partial charge in [-0.3, -0.25) is 0 Å².